The van der Waals surface area contributed by atoms with Gasteiger partial charge in [0.2, 0.25) is 15.9 Å². The first kappa shape index (κ1) is 21.5. The molecule has 30 heavy (non-hydrogen) atoms. The molecule has 2 fully saturated rings. The van der Waals surface area contributed by atoms with Crippen LogP contribution >= 0.6 is 11.3 Å². The summed E-state index contributed by atoms with van der Waals surface area (Å²) in [6.45, 7) is 6.51. The highest BCUT2D eigenvalue weighted by Gasteiger charge is 2.37. The lowest BCUT2D eigenvalue weighted by Gasteiger charge is -2.38. The van der Waals surface area contributed by atoms with Crippen LogP contribution in [0, 0.1) is 12.8 Å². The molecule has 4 rings (SSSR count). The van der Waals surface area contributed by atoms with Crippen molar-refractivity contribution < 1.29 is 13.2 Å². The van der Waals surface area contributed by atoms with Crippen molar-refractivity contribution in [1.29, 1.82) is 0 Å². The van der Waals surface area contributed by atoms with Crippen molar-refractivity contribution in [3.8, 4) is 0 Å². The van der Waals surface area contributed by atoms with Crippen LogP contribution < -0.4 is 0 Å². The topological polar surface area (TPSA) is 78.8 Å². The molecule has 2 aliphatic heterocycles. The Bertz CT molecular complexity index is 978. The average molecular weight is 452 g/mol. The summed E-state index contributed by atoms with van der Waals surface area (Å²) in [5, 5.41) is 6.16. The van der Waals surface area contributed by atoms with E-state index in [0.717, 1.165) is 26.1 Å². The summed E-state index contributed by atoms with van der Waals surface area (Å²) in [7, 11) is -1.90. The second-order valence-electron chi connectivity index (χ2n) is 8.10. The summed E-state index contributed by atoms with van der Waals surface area (Å²) >= 11 is 1.76. The smallest absolute Gasteiger partial charge is 0.246 e. The molecule has 0 bridgehead atoms. The molecular weight excluding hydrogens is 422 g/mol. The minimum absolute atomic E-state index is 0.0913. The van der Waals surface area contributed by atoms with Crippen LogP contribution in [0.15, 0.2) is 28.6 Å². The second kappa shape index (κ2) is 8.78. The number of hydrogen-bond donors (Lipinski definition) is 0. The van der Waals surface area contributed by atoms with Crippen LogP contribution in [0.2, 0.25) is 0 Å². The first-order chi connectivity index (χ1) is 14.4. The second-order valence-corrected chi connectivity index (χ2v) is 11.0. The summed E-state index contributed by atoms with van der Waals surface area (Å²) in [6.07, 6.45) is 2.85. The largest absolute Gasteiger partial charge is 0.340 e. The predicted octanol–water partition coefficient (Wildman–Crippen LogP) is 1.54. The van der Waals surface area contributed by atoms with Gasteiger partial charge in [0.25, 0.3) is 0 Å². The Balaban J connectivity index is 1.36. The average Bonchev–Trinajstić information content (AvgIpc) is 3.38. The quantitative estimate of drug-likeness (QED) is 0.689. The minimum atomic E-state index is -3.63. The van der Waals surface area contributed by atoms with Gasteiger partial charge in [0, 0.05) is 57.7 Å². The number of nitrogens with zero attached hydrogens (tertiary/aromatic N) is 5. The van der Waals surface area contributed by atoms with E-state index in [0.29, 0.717) is 31.7 Å². The van der Waals surface area contributed by atoms with Crippen LogP contribution in [0.5, 0.6) is 0 Å². The number of hydrogen-bond acceptors (Lipinski definition) is 6. The Morgan fingerprint density at radius 2 is 2.00 bits per heavy atom. The Morgan fingerprint density at radius 1 is 1.23 bits per heavy atom. The maximum absolute atomic E-state index is 13.1. The molecule has 2 aliphatic rings. The van der Waals surface area contributed by atoms with E-state index in [1.807, 2.05) is 4.90 Å². The van der Waals surface area contributed by atoms with Crippen molar-refractivity contribution in [2.24, 2.45) is 13.0 Å². The van der Waals surface area contributed by atoms with Crippen LogP contribution in [-0.4, -0.2) is 77.5 Å². The molecule has 0 spiro atoms. The van der Waals surface area contributed by atoms with Crippen molar-refractivity contribution >= 4 is 27.3 Å². The van der Waals surface area contributed by atoms with Gasteiger partial charge in [0.15, 0.2) is 0 Å². The molecular formula is C20H29N5O3S2. The number of sulfonamides is 1. The molecule has 0 saturated carbocycles. The van der Waals surface area contributed by atoms with Gasteiger partial charge in [-0.15, -0.1) is 11.3 Å². The zero-order valence-corrected chi connectivity index (χ0v) is 19.2. The number of carbonyl (C=O) groups is 1. The van der Waals surface area contributed by atoms with Crippen molar-refractivity contribution in [2.45, 2.75) is 31.2 Å². The van der Waals surface area contributed by atoms with Gasteiger partial charge in [-0.1, -0.05) is 6.07 Å². The zero-order chi connectivity index (χ0) is 21.3. The van der Waals surface area contributed by atoms with Gasteiger partial charge in [-0.2, -0.15) is 9.40 Å². The third-order valence-electron chi connectivity index (χ3n) is 6.18. The summed E-state index contributed by atoms with van der Waals surface area (Å²) in [4.78, 5) is 19.0. The summed E-state index contributed by atoms with van der Waals surface area (Å²) in [5.41, 5.74) is 0.616. The van der Waals surface area contributed by atoms with E-state index < -0.39 is 10.0 Å². The van der Waals surface area contributed by atoms with E-state index in [1.54, 1.807) is 30.0 Å². The van der Waals surface area contributed by atoms with Gasteiger partial charge in [0.1, 0.15) is 4.90 Å². The van der Waals surface area contributed by atoms with Crippen molar-refractivity contribution in [3.05, 3.63) is 34.3 Å². The zero-order valence-electron chi connectivity index (χ0n) is 17.5. The number of amides is 1. The third-order valence-corrected chi connectivity index (χ3v) is 9.01. The van der Waals surface area contributed by atoms with Gasteiger partial charge in [0.05, 0.1) is 17.8 Å². The van der Waals surface area contributed by atoms with Gasteiger partial charge in [-0.05, 0) is 31.2 Å². The molecule has 0 aromatic carbocycles. The standard InChI is InChI=1S/C20H29N5O3S2/c1-16-19(13-21-22(16)2)30(27,28)25-7-3-5-17(14-25)20(26)24-10-8-23(9-11-24)15-18-6-4-12-29-18/h4,6,12-13,17H,3,5,7-11,14-15H2,1-2H3/t17-/m0/s1. The van der Waals surface area contributed by atoms with Crippen LogP contribution in [-0.2, 0) is 28.4 Å². The Labute approximate surface area is 182 Å². The number of thiophene rings is 1. The number of piperidine rings is 1. The Kier molecular flexibility index (Phi) is 6.29. The molecule has 8 nitrogen and oxygen atoms in total. The molecule has 2 aromatic heterocycles. The third kappa shape index (κ3) is 4.32. The molecule has 1 amide bonds. The molecule has 0 unspecified atom stereocenters. The van der Waals surface area contributed by atoms with Gasteiger partial charge in [-0.3, -0.25) is 14.4 Å². The van der Waals surface area contributed by atoms with Crippen LogP contribution in [0.1, 0.15) is 23.4 Å². The van der Waals surface area contributed by atoms with Gasteiger partial charge < -0.3 is 4.90 Å². The molecule has 2 saturated heterocycles. The van der Waals surface area contributed by atoms with E-state index >= 15 is 0 Å². The monoisotopic (exact) mass is 451 g/mol. The predicted molar refractivity (Wildman–Crippen MR) is 116 cm³/mol. The highest BCUT2D eigenvalue weighted by atomic mass is 32.2. The lowest BCUT2D eigenvalue weighted by Crippen LogP contribution is -2.52. The summed E-state index contributed by atoms with van der Waals surface area (Å²) in [5.74, 6) is -0.178. The maximum atomic E-state index is 13.1. The molecule has 10 heteroatoms. The Morgan fingerprint density at radius 3 is 2.63 bits per heavy atom. The van der Waals surface area contributed by atoms with Crippen molar-refractivity contribution in [2.75, 3.05) is 39.3 Å². The van der Waals surface area contributed by atoms with Crippen LogP contribution in [0.4, 0.5) is 0 Å². The number of aryl methyl sites for hydroxylation is 1. The van der Waals surface area contributed by atoms with Gasteiger partial charge in [-0.25, -0.2) is 8.42 Å². The molecule has 164 valence electrons. The van der Waals surface area contributed by atoms with E-state index in [4.69, 9.17) is 0 Å². The van der Waals surface area contributed by atoms with Gasteiger partial charge >= 0.3 is 0 Å². The lowest BCUT2D eigenvalue weighted by molar-refractivity contribution is -0.138. The van der Waals surface area contributed by atoms with E-state index in [1.165, 1.54) is 15.4 Å². The number of aromatic nitrogens is 2. The van der Waals surface area contributed by atoms with E-state index in [-0.39, 0.29) is 23.3 Å². The first-order valence-electron chi connectivity index (χ1n) is 10.4. The van der Waals surface area contributed by atoms with E-state index in [2.05, 4.69) is 27.5 Å². The Hall–Kier alpha value is -1.75. The molecule has 0 radical (unpaired) electrons. The molecule has 2 aromatic rings. The normalized spacial score (nSPS) is 21.8. The number of piperazine rings is 1. The maximum Gasteiger partial charge on any atom is 0.246 e. The highest BCUT2D eigenvalue weighted by Crippen LogP contribution is 2.27. The molecule has 0 N–H and O–H groups in total. The van der Waals surface area contributed by atoms with Crippen LogP contribution in [0.25, 0.3) is 0 Å². The fourth-order valence-corrected chi connectivity index (χ4v) is 6.70. The molecule has 4 heterocycles. The SMILES string of the molecule is Cc1c(S(=O)(=O)N2CCC[C@H](C(=O)N3CCN(Cc4cccs4)CC3)C2)cnn1C. The van der Waals surface area contributed by atoms with Crippen LogP contribution in [0.3, 0.4) is 0 Å². The van der Waals surface area contributed by atoms with Crippen molar-refractivity contribution in [3.63, 3.8) is 0 Å². The number of rotatable bonds is 5. The fourth-order valence-electron chi connectivity index (χ4n) is 4.24. The van der Waals surface area contributed by atoms with Crippen molar-refractivity contribution in [1.82, 2.24) is 23.9 Å². The van der Waals surface area contributed by atoms with E-state index in [9.17, 15) is 13.2 Å². The first-order valence-corrected chi connectivity index (χ1v) is 12.7. The number of carbonyl (C=O) groups excluding carboxylic acids is 1. The fraction of sp³-hybridized carbons (Fsp3) is 0.600. The lowest BCUT2D eigenvalue weighted by atomic mass is 9.98. The summed E-state index contributed by atoms with van der Waals surface area (Å²) < 4.78 is 29.2. The summed E-state index contributed by atoms with van der Waals surface area (Å²) in [6, 6.07) is 4.21. The minimum Gasteiger partial charge on any atom is -0.340 e. The molecule has 0 aliphatic carbocycles. The highest BCUT2D eigenvalue weighted by molar-refractivity contribution is 7.89. The molecule has 1 atom stereocenters.